The van der Waals surface area contributed by atoms with Crippen LogP contribution in [0.1, 0.15) is 24.9 Å². The second-order valence-electron chi connectivity index (χ2n) is 5.74. The molecule has 0 saturated heterocycles. The minimum Gasteiger partial charge on any atom is -0.308 e. The third kappa shape index (κ3) is 3.72. The van der Waals surface area contributed by atoms with Gasteiger partial charge in [0.2, 0.25) is 0 Å². The van der Waals surface area contributed by atoms with Crippen molar-refractivity contribution in [1.29, 1.82) is 0 Å². The summed E-state index contributed by atoms with van der Waals surface area (Å²) in [4.78, 5) is 34.8. The van der Waals surface area contributed by atoms with Gasteiger partial charge >= 0.3 is 6.03 Å². The Hall–Kier alpha value is -2.81. The van der Waals surface area contributed by atoms with E-state index in [9.17, 15) is 9.59 Å². The highest BCUT2D eigenvalue weighted by atomic mass is 32.2. The molecule has 0 fully saturated rings. The lowest BCUT2D eigenvalue weighted by atomic mass is 10.2. The van der Waals surface area contributed by atoms with Crippen LogP contribution in [0.2, 0.25) is 0 Å². The van der Waals surface area contributed by atoms with Crippen molar-refractivity contribution in [2.75, 3.05) is 16.9 Å². The third-order valence-corrected chi connectivity index (χ3v) is 4.46. The topological polar surface area (TPSA) is 104 Å². The summed E-state index contributed by atoms with van der Waals surface area (Å²) >= 11 is 1.58. The lowest BCUT2D eigenvalue weighted by Crippen LogP contribution is -2.28. The molecule has 0 aliphatic rings. The first kappa shape index (κ1) is 18.0. The number of fused-ring (bicyclic) bond motifs is 1. The van der Waals surface area contributed by atoms with Gasteiger partial charge in [-0.25, -0.2) is 9.78 Å². The monoisotopic (exact) mass is 372 g/mol. The molecule has 8 nitrogen and oxygen atoms in total. The van der Waals surface area contributed by atoms with Gasteiger partial charge in [-0.05, 0) is 37.8 Å². The number of benzene rings is 1. The Morgan fingerprint density at radius 2 is 2.12 bits per heavy atom. The molecule has 0 aliphatic carbocycles. The zero-order valence-corrected chi connectivity index (χ0v) is 15.6. The zero-order chi connectivity index (χ0) is 18.7. The summed E-state index contributed by atoms with van der Waals surface area (Å²) in [5, 5.41) is 8.23. The van der Waals surface area contributed by atoms with E-state index in [1.54, 1.807) is 24.8 Å². The Labute approximate surface area is 154 Å². The molecule has 2 heterocycles. The van der Waals surface area contributed by atoms with Crippen LogP contribution in [0.25, 0.3) is 5.78 Å². The Morgan fingerprint density at radius 3 is 2.85 bits per heavy atom. The summed E-state index contributed by atoms with van der Waals surface area (Å²) in [5.41, 5.74) is 0.952. The van der Waals surface area contributed by atoms with Crippen LogP contribution in [0.5, 0.6) is 0 Å². The van der Waals surface area contributed by atoms with Crippen molar-refractivity contribution in [2.45, 2.75) is 31.6 Å². The van der Waals surface area contributed by atoms with E-state index >= 15 is 0 Å². The number of hydrogen-bond donors (Lipinski definition) is 3. The van der Waals surface area contributed by atoms with E-state index in [4.69, 9.17) is 0 Å². The van der Waals surface area contributed by atoms with E-state index < -0.39 is 6.03 Å². The number of anilines is 2. The molecule has 0 spiro atoms. The van der Waals surface area contributed by atoms with Crippen molar-refractivity contribution in [3.8, 4) is 0 Å². The number of thioether (sulfide) groups is 1. The standard InChI is InChI=1S/C17H20N6O2S/c1-4-6-13-14(15(24)23-16(20-13)18-10(2)22-23)21-17(25)19-11-7-5-8-12(9-11)26-3/h5,7-9H,4,6H2,1-3H3,(H,18,20,22)(H2,19,21,25). The van der Waals surface area contributed by atoms with E-state index in [2.05, 4.69) is 25.7 Å². The first-order chi connectivity index (χ1) is 12.5. The predicted octanol–water partition coefficient (Wildman–Crippen LogP) is 3.04. The molecule has 0 bridgehead atoms. The number of urea groups is 1. The molecular formula is C17H20N6O2S. The van der Waals surface area contributed by atoms with Crippen molar-refractivity contribution in [3.63, 3.8) is 0 Å². The maximum absolute atomic E-state index is 12.7. The fourth-order valence-electron chi connectivity index (χ4n) is 2.59. The number of carbonyl (C=O) groups excluding carboxylic acids is 1. The van der Waals surface area contributed by atoms with Crippen LogP contribution in [-0.2, 0) is 6.42 Å². The van der Waals surface area contributed by atoms with E-state index in [1.165, 1.54) is 4.52 Å². The molecule has 9 heteroatoms. The van der Waals surface area contributed by atoms with Gasteiger partial charge in [0.05, 0.1) is 5.69 Å². The van der Waals surface area contributed by atoms with Crippen LogP contribution in [0.4, 0.5) is 16.2 Å². The lowest BCUT2D eigenvalue weighted by Gasteiger charge is -2.11. The number of rotatable bonds is 5. The van der Waals surface area contributed by atoms with Gasteiger partial charge in [0.1, 0.15) is 11.5 Å². The highest BCUT2D eigenvalue weighted by Crippen LogP contribution is 2.19. The molecule has 2 amide bonds. The largest absolute Gasteiger partial charge is 0.323 e. The van der Waals surface area contributed by atoms with Gasteiger partial charge in [0.15, 0.2) is 0 Å². The van der Waals surface area contributed by atoms with E-state index in [1.807, 2.05) is 31.4 Å². The Morgan fingerprint density at radius 1 is 1.31 bits per heavy atom. The minimum absolute atomic E-state index is 0.159. The number of hydrogen-bond acceptors (Lipinski definition) is 5. The molecular weight excluding hydrogens is 352 g/mol. The van der Waals surface area contributed by atoms with Crippen molar-refractivity contribution >= 4 is 34.9 Å². The Kier molecular flexibility index (Phi) is 5.27. The second-order valence-corrected chi connectivity index (χ2v) is 6.62. The Bertz CT molecular complexity index is 1010. The molecule has 0 radical (unpaired) electrons. The van der Waals surface area contributed by atoms with Gasteiger partial charge in [0.25, 0.3) is 11.3 Å². The number of aromatic nitrogens is 4. The predicted molar refractivity (Wildman–Crippen MR) is 103 cm³/mol. The van der Waals surface area contributed by atoms with Crippen molar-refractivity contribution in [1.82, 2.24) is 19.6 Å². The second kappa shape index (κ2) is 7.61. The summed E-state index contributed by atoms with van der Waals surface area (Å²) in [6, 6.07) is 6.98. The summed E-state index contributed by atoms with van der Waals surface area (Å²) in [7, 11) is 0. The van der Waals surface area contributed by atoms with E-state index in [0.29, 0.717) is 29.4 Å². The minimum atomic E-state index is -0.490. The maximum atomic E-state index is 12.7. The van der Waals surface area contributed by atoms with Gasteiger partial charge in [-0.3, -0.25) is 9.89 Å². The van der Waals surface area contributed by atoms with Crippen LogP contribution >= 0.6 is 11.8 Å². The summed E-state index contributed by atoms with van der Waals surface area (Å²) in [6.45, 7) is 3.73. The number of H-pyrrole nitrogens is 1. The van der Waals surface area contributed by atoms with Crippen LogP contribution in [0.15, 0.2) is 34.0 Å². The van der Waals surface area contributed by atoms with Gasteiger partial charge < -0.3 is 10.6 Å². The van der Waals surface area contributed by atoms with Gasteiger partial charge in [-0.15, -0.1) is 11.8 Å². The number of carbonyl (C=O) groups is 1. The molecule has 2 aromatic heterocycles. The molecule has 3 N–H and O–H groups in total. The fourth-order valence-corrected chi connectivity index (χ4v) is 3.04. The van der Waals surface area contributed by atoms with Crippen LogP contribution in [-0.4, -0.2) is 31.9 Å². The van der Waals surface area contributed by atoms with E-state index in [0.717, 1.165) is 11.3 Å². The molecule has 0 saturated carbocycles. The molecule has 136 valence electrons. The van der Waals surface area contributed by atoms with Crippen molar-refractivity contribution in [2.24, 2.45) is 0 Å². The highest BCUT2D eigenvalue weighted by molar-refractivity contribution is 7.98. The molecule has 0 unspecified atom stereocenters. The van der Waals surface area contributed by atoms with Crippen LogP contribution in [0.3, 0.4) is 0 Å². The number of aromatic amines is 1. The molecule has 0 aliphatic heterocycles. The highest BCUT2D eigenvalue weighted by Gasteiger charge is 2.17. The van der Waals surface area contributed by atoms with Gasteiger partial charge in [-0.1, -0.05) is 19.4 Å². The number of amides is 2. The summed E-state index contributed by atoms with van der Waals surface area (Å²) < 4.78 is 1.23. The van der Waals surface area contributed by atoms with Gasteiger partial charge in [0, 0.05) is 10.6 Å². The number of aryl methyl sites for hydroxylation is 2. The van der Waals surface area contributed by atoms with Gasteiger partial charge in [-0.2, -0.15) is 9.50 Å². The summed E-state index contributed by atoms with van der Waals surface area (Å²) in [5.74, 6) is 0.877. The fraction of sp³-hybridized carbons (Fsp3) is 0.294. The van der Waals surface area contributed by atoms with Crippen molar-refractivity contribution < 1.29 is 4.79 Å². The zero-order valence-electron chi connectivity index (χ0n) is 14.8. The lowest BCUT2D eigenvalue weighted by molar-refractivity contribution is 0.262. The van der Waals surface area contributed by atoms with E-state index in [-0.39, 0.29) is 11.2 Å². The number of nitrogens with zero attached hydrogens (tertiary/aromatic N) is 3. The summed E-state index contributed by atoms with van der Waals surface area (Å²) in [6.07, 6.45) is 3.32. The first-order valence-electron chi connectivity index (χ1n) is 8.22. The normalized spacial score (nSPS) is 10.9. The molecule has 3 rings (SSSR count). The quantitative estimate of drug-likeness (QED) is 0.597. The third-order valence-electron chi connectivity index (χ3n) is 3.73. The smallest absolute Gasteiger partial charge is 0.308 e. The molecule has 0 atom stereocenters. The van der Waals surface area contributed by atoms with Crippen LogP contribution in [0, 0.1) is 6.92 Å². The Balaban J connectivity index is 1.91. The molecule has 3 aromatic rings. The average Bonchev–Trinajstić information content (AvgIpc) is 2.99. The average molecular weight is 372 g/mol. The molecule has 1 aromatic carbocycles. The number of nitrogens with one attached hydrogen (secondary N) is 3. The maximum Gasteiger partial charge on any atom is 0.323 e. The van der Waals surface area contributed by atoms with Crippen molar-refractivity contribution in [3.05, 3.63) is 46.1 Å². The SMILES string of the molecule is CCCc1nc2nc(C)[nH]n2c(=O)c1NC(=O)Nc1cccc(SC)c1. The first-order valence-corrected chi connectivity index (χ1v) is 9.44. The molecule has 26 heavy (non-hydrogen) atoms. The van der Waals surface area contributed by atoms with Crippen LogP contribution < -0.4 is 16.2 Å².